The van der Waals surface area contributed by atoms with Gasteiger partial charge in [0.1, 0.15) is 0 Å². The summed E-state index contributed by atoms with van der Waals surface area (Å²) in [7, 11) is 3.44. The molecule has 0 bridgehead atoms. The van der Waals surface area contributed by atoms with Gasteiger partial charge in [0.05, 0.1) is 29.6 Å². The number of ether oxygens (including phenoxy) is 1. The van der Waals surface area contributed by atoms with Crippen LogP contribution in [-0.2, 0) is 16.1 Å². The predicted molar refractivity (Wildman–Crippen MR) is 136 cm³/mol. The second-order valence-electron chi connectivity index (χ2n) is 8.65. The van der Waals surface area contributed by atoms with E-state index in [4.69, 9.17) is 4.74 Å². The molecule has 0 atom stereocenters. The van der Waals surface area contributed by atoms with Crippen LogP contribution in [0, 0.1) is 0 Å². The molecule has 174 valence electrons. The lowest BCUT2D eigenvalue weighted by molar-refractivity contribution is -0.110. The second-order valence-corrected chi connectivity index (χ2v) is 8.65. The summed E-state index contributed by atoms with van der Waals surface area (Å²) in [6, 6.07) is 23.6. The minimum atomic E-state index is -0.445. The molecule has 3 aromatic rings. The Kier molecular flexibility index (Phi) is 6.80. The van der Waals surface area contributed by atoms with Crippen molar-refractivity contribution in [2.45, 2.75) is 26.4 Å². The van der Waals surface area contributed by atoms with Crippen LogP contribution in [0.4, 0.5) is 11.4 Å². The van der Waals surface area contributed by atoms with E-state index in [-0.39, 0.29) is 5.91 Å². The van der Waals surface area contributed by atoms with Crippen LogP contribution in [-0.4, -0.2) is 37.0 Å². The number of hydrogen-bond acceptors (Lipinski definition) is 5. The molecule has 6 nitrogen and oxygen atoms in total. The van der Waals surface area contributed by atoms with Crippen molar-refractivity contribution in [3.8, 4) is 0 Å². The fourth-order valence-electron chi connectivity index (χ4n) is 3.86. The summed E-state index contributed by atoms with van der Waals surface area (Å²) in [5.74, 6) is -0.669. The second kappa shape index (κ2) is 9.93. The van der Waals surface area contributed by atoms with Crippen LogP contribution in [0.5, 0.6) is 0 Å². The molecule has 0 fully saturated rings. The molecule has 3 aromatic carbocycles. The summed E-state index contributed by atoms with van der Waals surface area (Å²) >= 11 is 0. The van der Waals surface area contributed by atoms with Crippen molar-refractivity contribution >= 4 is 34.5 Å². The molecule has 1 heterocycles. The number of nitrogens with one attached hydrogen (secondary N) is 2. The van der Waals surface area contributed by atoms with Crippen molar-refractivity contribution in [2.75, 3.05) is 24.8 Å². The van der Waals surface area contributed by atoms with Gasteiger partial charge in [-0.1, -0.05) is 48.5 Å². The van der Waals surface area contributed by atoms with Gasteiger partial charge in [0.25, 0.3) is 5.91 Å². The molecular weight excluding hydrogens is 426 g/mol. The van der Waals surface area contributed by atoms with Crippen LogP contribution in [0.25, 0.3) is 11.3 Å². The third-order valence-electron chi connectivity index (χ3n) is 6.03. The Morgan fingerprint density at radius 1 is 1.00 bits per heavy atom. The Bertz CT molecular complexity index is 1230. The Hall–Kier alpha value is -3.90. The summed E-state index contributed by atoms with van der Waals surface area (Å²) in [6.45, 7) is 5.21. The molecule has 6 heteroatoms. The maximum absolute atomic E-state index is 13.1. The highest BCUT2D eigenvalue weighted by atomic mass is 16.5. The quantitative estimate of drug-likeness (QED) is 0.376. The number of hydrogen-bond donors (Lipinski definition) is 2. The van der Waals surface area contributed by atoms with Crippen LogP contribution in [0.15, 0.2) is 72.8 Å². The average molecular weight is 456 g/mol. The molecule has 4 rings (SSSR count). The van der Waals surface area contributed by atoms with E-state index in [1.54, 1.807) is 18.2 Å². The van der Waals surface area contributed by atoms with Crippen molar-refractivity contribution in [3.63, 3.8) is 0 Å². The van der Waals surface area contributed by atoms with E-state index in [9.17, 15) is 9.59 Å². The molecule has 0 unspecified atom stereocenters. The summed E-state index contributed by atoms with van der Waals surface area (Å²) < 4.78 is 4.81. The number of carbonyl (C=O) groups excluding carboxylic acids is 2. The fraction of sp³-hybridized carbons (Fsp3) is 0.214. The molecule has 0 saturated heterocycles. The number of methoxy groups -OCH3 is 1. The number of carbonyl (C=O) groups is 2. The molecular formula is C28H29N3O3. The SMILES string of the molecule is COC(=O)c1ccc2c(c1)NC(=O)C2=C(Nc1ccc(CN(C)C(C)C)cc1)c1ccccc1. The molecule has 0 aromatic heterocycles. The van der Waals surface area contributed by atoms with Crippen molar-refractivity contribution in [1.29, 1.82) is 0 Å². The highest BCUT2D eigenvalue weighted by Crippen LogP contribution is 2.38. The molecule has 0 spiro atoms. The largest absolute Gasteiger partial charge is 0.465 e. The van der Waals surface area contributed by atoms with E-state index >= 15 is 0 Å². The summed E-state index contributed by atoms with van der Waals surface area (Å²) in [4.78, 5) is 27.3. The molecule has 2 N–H and O–H groups in total. The summed E-state index contributed by atoms with van der Waals surface area (Å²) in [5, 5.41) is 6.37. The number of rotatable bonds is 7. The van der Waals surface area contributed by atoms with E-state index in [1.807, 2.05) is 42.5 Å². The smallest absolute Gasteiger partial charge is 0.337 e. The van der Waals surface area contributed by atoms with E-state index in [0.717, 1.165) is 23.4 Å². The van der Waals surface area contributed by atoms with Crippen molar-refractivity contribution < 1.29 is 14.3 Å². The standard InChI is InChI=1S/C28H29N3O3/c1-18(2)31(3)17-19-10-13-22(14-11-19)29-26(20-8-6-5-7-9-20)25-23-15-12-21(28(33)34-4)16-24(23)30-27(25)32/h5-16,18,29H,17H2,1-4H3,(H,30,32). The van der Waals surface area contributed by atoms with Gasteiger partial charge in [-0.2, -0.15) is 0 Å². The Balaban J connectivity index is 1.73. The van der Waals surface area contributed by atoms with E-state index in [1.165, 1.54) is 12.7 Å². The number of fused-ring (bicyclic) bond motifs is 1. The Morgan fingerprint density at radius 2 is 1.71 bits per heavy atom. The highest BCUT2D eigenvalue weighted by molar-refractivity contribution is 6.37. The first kappa shape index (κ1) is 23.3. The van der Waals surface area contributed by atoms with Crippen LogP contribution in [0.1, 0.15) is 40.9 Å². The normalized spacial score (nSPS) is 14.1. The third kappa shape index (κ3) is 4.87. The first-order valence-corrected chi connectivity index (χ1v) is 11.3. The summed E-state index contributed by atoms with van der Waals surface area (Å²) in [5.41, 5.74) is 5.94. The maximum atomic E-state index is 13.1. The van der Waals surface area contributed by atoms with Gasteiger partial charge in [-0.3, -0.25) is 9.69 Å². The third-order valence-corrected chi connectivity index (χ3v) is 6.03. The maximum Gasteiger partial charge on any atom is 0.337 e. The van der Waals surface area contributed by atoms with Crippen LogP contribution < -0.4 is 10.6 Å². The van der Waals surface area contributed by atoms with Crippen molar-refractivity contribution in [2.24, 2.45) is 0 Å². The van der Waals surface area contributed by atoms with Crippen molar-refractivity contribution in [1.82, 2.24) is 4.90 Å². The zero-order valence-corrected chi connectivity index (χ0v) is 19.9. The molecule has 1 aliphatic rings. The highest BCUT2D eigenvalue weighted by Gasteiger charge is 2.29. The Morgan fingerprint density at radius 3 is 2.35 bits per heavy atom. The number of esters is 1. The average Bonchev–Trinajstić information content (AvgIpc) is 3.18. The number of nitrogens with zero attached hydrogens (tertiary/aromatic N) is 1. The molecule has 34 heavy (non-hydrogen) atoms. The van der Waals surface area contributed by atoms with Gasteiger partial charge in [-0.15, -0.1) is 0 Å². The van der Waals surface area contributed by atoms with Crippen LogP contribution >= 0.6 is 0 Å². The zero-order valence-electron chi connectivity index (χ0n) is 19.9. The van der Waals surface area contributed by atoms with Gasteiger partial charge in [-0.05, 0) is 56.3 Å². The minimum Gasteiger partial charge on any atom is -0.465 e. The van der Waals surface area contributed by atoms with Crippen LogP contribution in [0.3, 0.4) is 0 Å². The van der Waals surface area contributed by atoms with Gasteiger partial charge < -0.3 is 15.4 Å². The van der Waals surface area contributed by atoms with E-state index < -0.39 is 5.97 Å². The topological polar surface area (TPSA) is 70.7 Å². The Labute approximate surface area is 200 Å². The van der Waals surface area contributed by atoms with Gasteiger partial charge in [0.2, 0.25) is 0 Å². The zero-order chi connectivity index (χ0) is 24.2. The van der Waals surface area contributed by atoms with E-state index in [2.05, 4.69) is 48.6 Å². The number of benzene rings is 3. The first-order chi connectivity index (χ1) is 16.4. The number of amides is 1. The monoisotopic (exact) mass is 455 g/mol. The lowest BCUT2D eigenvalue weighted by Gasteiger charge is -2.21. The molecule has 0 aliphatic carbocycles. The first-order valence-electron chi connectivity index (χ1n) is 11.3. The molecule has 1 amide bonds. The minimum absolute atomic E-state index is 0.224. The van der Waals surface area contributed by atoms with Gasteiger partial charge in [0.15, 0.2) is 0 Å². The van der Waals surface area contributed by atoms with E-state index in [0.29, 0.717) is 28.6 Å². The lowest BCUT2D eigenvalue weighted by atomic mass is 9.99. The lowest BCUT2D eigenvalue weighted by Crippen LogP contribution is -2.25. The summed E-state index contributed by atoms with van der Waals surface area (Å²) in [6.07, 6.45) is 0. The molecule has 0 radical (unpaired) electrons. The fourth-order valence-corrected chi connectivity index (χ4v) is 3.86. The predicted octanol–water partition coefficient (Wildman–Crippen LogP) is 5.25. The van der Waals surface area contributed by atoms with Gasteiger partial charge in [-0.25, -0.2) is 4.79 Å². The molecule has 0 saturated carbocycles. The van der Waals surface area contributed by atoms with Gasteiger partial charge >= 0.3 is 5.97 Å². The van der Waals surface area contributed by atoms with Crippen molar-refractivity contribution in [3.05, 3.63) is 95.1 Å². The molecule has 1 aliphatic heterocycles. The van der Waals surface area contributed by atoms with Crippen LogP contribution in [0.2, 0.25) is 0 Å². The van der Waals surface area contributed by atoms with Gasteiger partial charge in [0, 0.05) is 23.8 Å². The number of anilines is 2.